The Morgan fingerprint density at radius 2 is 1.83 bits per heavy atom. The molecule has 5 heteroatoms. The van der Waals surface area contributed by atoms with E-state index in [0.29, 0.717) is 16.3 Å². The number of halogens is 2. The van der Waals surface area contributed by atoms with E-state index in [1.54, 1.807) is 0 Å². The maximum atomic E-state index is 13.1. The third kappa shape index (κ3) is 3.17. The molecule has 94 valence electrons. The van der Waals surface area contributed by atoms with E-state index < -0.39 is 16.6 Å². The zero-order valence-corrected chi connectivity index (χ0v) is 11.8. The molecule has 1 unspecified atom stereocenters. The van der Waals surface area contributed by atoms with Crippen molar-refractivity contribution in [2.24, 2.45) is 0 Å². The van der Waals surface area contributed by atoms with Crippen molar-refractivity contribution in [3.63, 3.8) is 0 Å². The van der Waals surface area contributed by atoms with Gasteiger partial charge in [0.05, 0.1) is 21.4 Å². The average molecular weight is 328 g/mol. The number of benzene rings is 2. The second-order valence-corrected chi connectivity index (χ2v) is 6.13. The molecule has 2 aromatic carbocycles. The van der Waals surface area contributed by atoms with Gasteiger partial charge in [-0.15, -0.1) is 0 Å². The normalized spacial score (nSPS) is 12.3. The van der Waals surface area contributed by atoms with E-state index in [-0.39, 0.29) is 0 Å². The highest BCUT2D eigenvalue weighted by molar-refractivity contribution is 9.10. The molecule has 1 atom stereocenters. The summed E-state index contributed by atoms with van der Waals surface area (Å²) < 4.78 is 26.2. The standard InChI is InChI=1S/C13H11BrFNOS/c14-10-3-1-9(2-4-10)8-18(17)13-7-11(15)5-6-12(13)16/h1-7H,8,16H2. The highest BCUT2D eigenvalue weighted by atomic mass is 79.9. The van der Waals surface area contributed by atoms with Gasteiger partial charge in [-0.25, -0.2) is 4.39 Å². The second-order valence-electron chi connectivity index (χ2n) is 3.80. The number of hydrogen-bond acceptors (Lipinski definition) is 2. The van der Waals surface area contributed by atoms with Crippen LogP contribution in [0.25, 0.3) is 0 Å². The van der Waals surface area contributed by atoms with Crippen LogP contribution in [0.4, 0.5) is 10.1 Å². The molecular weight excluding hydrogens is 317 g/mol. The molecule has 0 bridgehead atoms. The van der Waals surface area contributed by atoms with E-state index >= 15 is 0 Å². The first kappa shape index (κ1) is 13.2. The highest BCUT2D eigenvalue weighted by Gasteiger charge is 2.10. The largest absolute Gasteiger partial charge is 0.398 e. The van der Waals surface area contributed by atoms with Crippen LogP contribution in [0.2, 0.25) is 0 Å². The van der Waals surface area contributed by atoms with Crippen LogP contribution in [0.15, 0.2) is 51.8 Å². The molecule has 0 spiro atoms. The minimum atomic E-state index is -1.34. The first-order valence-electron chi connectivity index (χ1n) is 5.24. The van der Waals surface area contributed by atoms with Crippen molar-refractivity contribution in [2.75, 3.05) is 5.73 Å². The molecule has 0 heterocycles. The van der Waals surface area contributed by atoms with Gasteiger partial charge in [-0.1, -0.05) is 28.1 Å². The van der Waals surface area contributed by atoms with Crippen molar-refractivity contribution < 1.29 is 8.60 Å². The van der Waals surface area contributed by atoms with Gasteiger partial charge in [0.2, 0.25) is 0 Å². The molecule has 0 amide bonds. The topological polar surface area (TPSA) is 43.1 Å². The number of nitrogens with two attached hydrogens (primary N) is 1. The van der Waals surface area contributed by atoms with E-state index in [4.69, 9.17) is 5.73 Å². The van der Waals surface area contributed by atoms with Crippen LogP contribution >= 0.6 is 15.9 Å². The molecule has 0 saturated carbocycles. The zero-order valence-electron chi connectivity index (χ0n) is 9.40. The van der Waals surface area contributed by atoms with Crippen molar-refractivity contribution in [3.05, 3.63) is 58.3 Å². The fourth-order valence-electron chi connectivity index (χ4n) is 1.52. The molecule has 18 heavy (non-hydrogen) atoms. The van der Waals surface area contributed by atoms with Crippen molar-refractivity contribution in [1.82, 2.24) is 0 Å². The summed E-state index contributed by atoms with van der Waals surface area (Å²) in [7, 11) is -1.34. The van der Waals surface area contributed by atoms with Crippen molar-refractivity contribution in [2.45, 2.75) is 10.6 Å². The average Bonchev–Trinajstić information content (AvgIpc) is 2.35. The minimum Gasteiger partial charge on any atom is -0.398 e. The molecule has 0 aliphatic carbocycles. The summed E-state index contributed by atoms with van der Waals surface area (Å²) in [6, 6.07) is 11.4. The third-order valence-electron chi connectivity index (χ3n) is 2.43. The summed E-state index contributed by atoms with van der Waals surface area (Å²) in [5.41, 5.74) is 6.97. The maximum Gasteiger partial charge on any atom is 0.124 e. The summed E-state index contributed by atoms with van der Waals surface area (Å²) in [6.45, 7) is 0. The smallest absolute Gasteiger partial charge is 0.124 e. The van der Waals surface area contributed by atoms with Gasteiger partial charge in [-0.05, 0) is 35.9 Å². The predicted molar refractivity (Wildman–Crippen MR) is 75.1 cm³/mol. The van der Waals surface area contributed by atoms with E-state index in [1.165, 1.54) is 18.2 Å². The van der Waals surface area contributed by atoms with Gasteiger partial charge in [0.25, 0.3) is 0 Å². The maximum absolute atomic E-state index is 13.1. The van der Waals surface area contributed by atoms with Gasteiger partial charge < -0.3 is 5.73 Å². The molecule has 0 aliphatic rings. The quantitative estimate of drug-likeness (QED) is 0.877. The lowest BCUT2D eigenvalue weighted by atomic mass is 10.2. The molecule has 0 fully saturated rings. The van der Waals surface area contributed by atoms with Gasteiger partial charge >= 0.3 is 0 Å². The fourth-order valence-corrected chi connectivity index (χ4v) is 3.01. The molecule has 0 aliphatic heterocycles. The van der Waals surface area contributed by atoms with Gasteiger partial charge in [0, 0.05) is 10.2 Å². The number of anilines is 1. The first-order valence-corrected chi connectivity index (χ1v) is 7.35. The number of rotatable bonds is 3. The van der Waals surface area contributed by atoms with Gasteiger partial charge in [-0.2, -0.15) is 0 Å². The highest BCUT2D eigenvalue weighted by Crippen LogP contribution is 2.21. The Kier molecular flexibility index (Phi) is 4.14. The van der Waals surface area contributed by atoms with Gasteiger partial charge in [0.15, 0.2) is 0 Å². The Balaban J connectivity index is 2.21. The van der Waals surface area contributed by atoms with Crippen molar-refractivity contribution in [3.8, 4) is 0 Å². The van der Waals surface area contributed by atoms with E-state index in [2.05, 4.69) is 15.9 Å². The SMILES string of the molecule is Nc1ccc(F)cc1S(=O)Cc1ccc(Br)cc1. The summed E-state index contributed by atoms with van der Waals surface area (Å²) >= 11 is 3.33. The van der Waals surface area contributed by atoms with Crippen LogP contribution in [-0.4, -0.2) is 4.21 Å². The lowest BCUT2D eigenvalue weighted by molar-refractivity contribution is 0.623. The summed E-state index contributed by atoms with van der Waals surface area (Å²) in [5.74, 6) is -0.107. The number of nitrogen functional groups attached to an aromatic ring is 1. The molecule has 0 saturated heterocycles. The third-order valence-corrected chi connectivity index (χ3v) is 4.40. The van der Waals surface area contributed by atoms with Crippen molar-refractivity contribution in [1.29, 1.82) is 0 Å². The lowest BCUT2D eigenvalue weighted by Gasteiger charge is -2.06. The molecule has 2 aromatic rings. The molecule has 2 nitrogen and oxygen atoms in total. The number of hydrogen-bond donors (Lipinski definition) is 1. The van der Waals surface area contributed by atoms with Gasteiger partial charge in [-0.3, -0.25) is 4.21 Å². The fraction of sp³-hybridized carbons (Fsp3) is 0.0769. The molecule has 2 N–H and O–H groups in total. The van der Waals surface area contributed by atoms with Crippen LogP contribution in [0, 0.1) is 5.82 Å². The molecule has 0 aromatic heterocycles. The Bertz CT molecular complexity index is 586. The second kappa shape index (κ2) is 5.63. The minimum absolute atomic E-state index is 0.320. The lowest BCUT2D eigenvalue weighted by Crippen LogP contribution is -2.01. The first-order chi connectivity index (χ1) is 8.56. The van der Waals surface area contributed by atoms with Crippen LogP contribution in [-0.2, 0) is 16.6 Å². The predicted octanol–water partition coefficient (Wildman–Crippen LogP) is 3.48. The zero-order chi connectivity index (χ0) is 13.1. The van der Waals surface area contributed by atoms with Crippen LogP contribution in [0.3, 0.4) is 0 Å². The van der Waals surface area contributed by atoms with Crippen LogP contribution in [0.1, 0.15) is 5.56 Å². The molecule has 0 radical (unpaired) electrons. The summed E-state index contributed by atoms with van der Waals surface area (Å²) in [4.78, 5) is 0.345. The Morgan fingerprint density at radius 1 is 1.17 bits per heavy atom. The molecular formula is C13H11BrFNOS. The Labute approximate surface area is 116 Å². The Morgan fingerprint density at radius 3 is 2.50 bits per heavy atom. The van der Waals surface area contributed by atoms with E-state index in [0.717, 1.165) is 10.0 Å². The van der Waals surface area contributed by atoms with Crippen LogP contribution in [0.5, 0.6) is 0 Å². The van der Waals surface area contributed by atoms with E-state index in [9.17, 15) is 8.60 Å². The summed E-state index contributed by atoms with van der Waals surface area (Å²) in [5, 5.41) is 0. The molecule has 2 rings (SSSR count). The Hall–Kier alpha value is -1.20. The monoisotopic (exact) mass is 327 g/mol. The van der Waals surface area contributed by atoms with Crippen molar-refractivity contribution >= 4 is 32.4 Å². The van der Waals surface area contributed by atoms with E-state index in [1.807, 2.05) is 24.3 Å². The summed E-state index contributed by atoms with van der Waals surface area (Å²) in [6.07, 6.45) is 0. The van der Waals surface area contributed by atoms with Gasteiger partial charge in [0.1, 0.15) is 5.82 Å². The van der Waals surface area contributed by atoms with Crippen LogP contribution < -0.4 is 5.73 Å².